The largest absolute Gasteiger partial charge is 0.459 e. The van der Waals surface area contributed by atoms with Crippen molar-refractivity contribution in [2.45, 2.75) is 38.7 Å². The highest BCUT2D eigenvalue weighted by Gasteiger charge is 2.72. The molecular formula is C13H18O2. The summed E-state index contributed by atoms with van der Waals surface area (Å²) in [4.78, 5) is 11.8. The van der Waals surface area contributed by atoms with Gasteiger partial charge in [0, 0.05) is 5.92 Å². The predicted octanol–water partition coefficient (Wildman–Crippen LogP) is 2.23. The van der Waals surface area contributed by atoms with Crippen LogP contribution in [0.2, 0.25) is 0 Å². The van der Waals surface area contributed by atoms with E-state index < -0.39 is 0 Å². The number of esters is 1. The van der Waals surface area contributed by atoms with Gasteiger partial charge in [-0.15, -0.1) is 0 Å². The summed E-state index contributed by atoms with van der Waals surface area (Å²) in [5.41, 5.74) is -0.173. The Kier molecular flexibility index (Phi) is 1.29. The van der Waals surface area contributed by atoms with Gasteiger partial charge in [-0.1, -0.05) is 0 Å². The van der Waals surface area contributed by atoms with Crippen LogP contribution in [0, 0.1) is 35.5 Å². The van der Waals surface area contributed by atoms with E-state index in [1.165, 1.54) is 19.3 Å². The van der Waals surface area contributed by atoms with Gasteiger partial charge < -0.3 is 4.74 Å². The number of rotatable bonds is 0. The van der Waals surface area contributed by atoms with Crippen molar-refractivity contribution in [1.82, 2.24) is 0 Å². The van der Waals surface area contributed by atoms with Crippen LogP contribution in [0.25, 0.3) is 0 Å². The summed E-state index contributed by atoms with van der Waals surface area (Å²) in [6, 6.07) is 0. The minimum absolute atomic E-state index is 0.110. The van der Waals surface area contributed by atoms with Crippen molar-refractivity contribution in [2.75, 3.05) is 0 Å². The molecule has 2 heteroatoms. The lowest BCUT2D eigenvalue weighted by atomic mass is 9.49. The van der Waals surface area contributed by atoms with E-state index >= 15 is 0 Å². The van der Waals surface area contributed by atoms with Gasteiger partial charge in [0.05, 0.1) is 5.92 Å². The van der Waals surface area contributed by atoms with Crippen LogP contribution < -0.4 is 0 Å². The van der Waals surface area contributed by atoms with Crippen LogP contribution in [0.3, 0.4) is 0 Å². The standard InChI is InChI=1S/C13H18O2/c1-13(2)11-9-7-4-3-6(5-7)8(9)10(11)12(14)15-13/h6-11H,3-5H2,1-2H3. The van der Waals surface area contributed by atoms with E-state index in [1.54, 1.807) is 0 Å². The van der Waals surface area contributed by atoms with Crippen LogP contribution in [-0.4, -0.2) is 11.6 Å². The second-order valence-electron chi connectivity index (χ2n) is 6.56. The molecule has 0 amide bonds. The zero-order valence-corrected chi connectivity index (χ0v) is 9.40. The second-order valence-corrected chi connectivity index (χ2v) is 6.56. The van der Waals surface area contributed by atoms with E-state index in [0.29, 0.717) is 11.8 Å². The van der Waals surface area contributed by atoms with Gasteiger partial charge in [0.15, 0.2) is 0 Å². The molecule has 82 valence electrons. The van der Waals surface area contributed by atoms with Crippen LogP contribution >= 0.6 is 0 Å². The zero-order chi connectivity index (χ0) is 10.4. The third kappa shape index (κ3) is 0.786. The third-order valence-electron chi connectivity index (χ3n) is 5.70. The molecule has 1 saturated heterocycles. The number of fused-ring (bicyclic) bond motifs is 8. The molecular weight excluding hydrogens is 188 g/mol. The van der Waals surface area contributed by atoms with Crippen molar-refractivity contribution in [3.05, 3.63) is 0 Å². The van der Waals surface area contributed by atoms with Gasteiger partial charge in [0.2, 0.25) is 0 Å². The van der Waals surface area contributed by atoms with Crippen molar-refractivity contribution < 1.29 is 9.53 Å². The maximum Gasteiger partial charge on any atom is 0.310 e. The summed E-state index contributed by atoms with van der Waals surface area (Å²) in [6.45, 7) is 4.22. The zero-order valence-electron chi connectivity index (χ0n) is 9.40. The molecule has 0 spiro atoms. The first kappa shape index (κ1) is 8.60. The Morgan fingerprint density at radius 3 is 2.60 bits per heavy atom. The van der Waals surface area contributed by atoms with Crippen LogP contribution in [-0.2, 0) is 9.53 Å². The Morgan fingerprint density at radius 1 is 1.20 bits per heavy atom. The molecule has 2 bridgehead atoms. The summed E-state index contributed by atoms with van der Waals surface area (Å²) in [7, 11) is 0. The molecule has 4 rings (SSSR count). The molecule has 0 aromatic rings. The van der Waals surface area contributed by atoms with Crippen molar-refractivity contribution >= 4 is 5.97 Å². The summed E-state index contributed by atoms with van der Waals surface area (Å²) < 4.78 is 5.56. The van der Waals surface area contributed by atoms with E-state index in [0.717, 1.165) is 17.8 Å². The van der Waals surface area contributed by atoms with Crippen LogP contribution in [0.1, 0.15) is 33.1 Å². The normalized spacial score (nSPS) is 58.4. The number of hydrogen-bond donors (Lipinski definition) is 0. The molecule has 2 nitrogen and oxygen atoms in total. The van der Waals surface area contributed by atoms with E-state index in [-0.39, 0.29) is 17.5 Å². The van der Waals surface area contributed by atoms with E-state index in [4.69, 9.17) is 4.74 Å². The van der Waals surface area contributed by atoms with E-state index in [2.05, 4.69) is 13.8 Å². The van der Waals surface area contributed by atoms with Gasteiger partial charge in [0.1, 0.15) is 5.60 Å². The maximum absolute atomic E-state index is 11.8. The van der Waals surface area contributed by atoms with Crippen molar-refractivity contribution in [3.63, 3.8) is 0 Å². The molecule has 0 radical (unpaired) electrons. The highest BCUT2D eigenvalue weighted by Crippen LogP contribution is 2.70. The predicted molar refractivity (Wildman–Crippen MR) is 55.0 cm³/mol. The molecule has 1 heterocycles. The first-order valence-electron chi connectivity index (χ1n) is 6.32. The average Bonchev–Trinajstić information content (AvgIpc) is 2.61. The lowest BCUT2D eigenvalue weighted by molar-refractivity contribution is -0.150. The van der Waals surface area contributed by atoms with Crippen LogP contribution in [0.5, 0.6) is 0 Å². The fourth-order valence-electron chi connectivity index (χ4n) is 5.37. The molecule has 0 aromatic carbocycles. The Labute approximate surface area is 90.4 Å². The summed E-state index contributed by atoms with van der Waals surface area (Å²) in [6.07, 6.45) is 4.20. The highest BCUT2D eigenvalue weighted by molar-refractivity contribution is 5.78. The number of carbonyl (C=O) groups excluding carboxylic acids is 1. The monoisotopic (exact) mass is 206 g/mol. The molecule has 0 aromatic heterocycles. The molecule has 0 N–H and O–H groups in total. The molecule has 15 heavy (non-hydrogen) atoms. The van der Waals surface area contributed by atoms with Crippen LogP contribution in [0.15, 0.2) is 0 Å². The van der Waals surface area contributed by atoms with Crippen molar-refractivity contribution in [2.24, 2.45) is 35.5 Å². The van der Waals surface area contributed by atoms with Gasteiger partial charge in [-0.2, -0.15) is 0 Å². The van der Waals surface area contributed by atoms with Crippen molar-refractivity contribution in [3.8, 4) is 0 Å². The van der Waals surface area contributed by atoms with E-state index in [1.807, 2.05) is 0 Å². The SMILES string of the molecule is CC1(C)OC(=O)C2C3C4CCC(C4)C3C21. The lowest BCUT2D eigenvalue weighted by Gasteiger charge is -2.52. The van der Waals surface area contributed by atoms with Crippen molar-refractivity contribution in [1.29, 1.82) is 0 Å². The Bertz CT molecular complexity index is 346. The first-order chi connectivity index (χ1) is 7.09. The third-order valence-corrected chi connectivity index (χ3v) is 5.70. The smallest absolute Gasteiger partial charge is 0.310 e. The molecule has 3 aliphatic carbocycles. The van der Waals surface area contributed by atoms with Crippen LogP contribution in [0.4, 0.5) is 0 Å². The minimum atomic E-state index is -0.173. The first-order valence-corrected chi connectivity index (χ1v) is 6.32. The Balaban J connectivity index is 1.75. The van der Waals surface area contributed by atoms with Gasteiger partial charge in [-0.05, 0) is 56.8 Å². The number of ether oxygens (including phenoxy) is 1. The summed E-state index contributed by atoms with van der Waals surface area (Å²) in [5, 5.41) is 0. The highest BCUT2D eigenvalue weighted by atomic mass is 16.6. The quantitative estimate of drug-likeness (QED) is 0.568. The summed E-state index contributed by atoms with van der Waals surface area (Å²) in [5.74, 6) is 4.26. The second kappa shape index (κ2) is 2.26. The van der Waals surface area contributed by atoms with Gasteiger partial charge >= 0.3 is 5.97 Å². The number of hydrogen-bond acceptors (Lipinski definition) is 2. The van der Waals surface area contributed by atoms with Gasteiger partial charge in [0.25, 0.3) is 0 Å². The molecule has 6 atom stereocenters. The number of cyclic esters (lactones) is 1. The molecule has 6 unspecified atom stereocenters. The number of carbonyl (C=O) groups is 1. The molecule has 4 fully saturated rings. The average molecular weight is 206 g/mol. The Morgan fingerprint density at radius 2 is 1.87 bits per heavy atom. The maximum atomic E-state index is 11.8. The minimum Gasteiger partial charge on any atom is -0.459 e. The summed E-state index contributed by atoms with van der Waals surface area (Å²) >= 11 is 0. The molecule has 1 aliphatic heterocycles. The van der Waals surface area contributed by atoms with E-state index in [9.17, 15) is 4.79 Å². The molecule has 4 aliphatic rings. The van der Waals surface area contributed by atoms with Gasteiger partial charge in [-0.25, -0.2) is 0 Å². The van der Waals surface area contributed by atoms with Gasteiger partial charge in [-0.3, -0.25) is 4.79 Å². The fourth-order valence-corrected chi connectivity index (χ4v) is 5.37. The topological polar surface area (TPSA) is 26.3 Å². The lowest BCUT2D eigenvalue weighted by Crippen LogP contribution is -2.54. The molecule has 3 saturated carbocycles. The Hall–Kier alpha value is -0.530. The fraction of sp³-hybridized carbons (Fsp3) is 0.923.